The molecule has 3 heteroatoms. The lowest BCUT2D eigenvalue weighted by molar-refractivity contribution is -0.0446. The topological polar surface area (TPSA) is 18.5 Å². The minimum Gasteiger partial charge on any atom is -0.352 e. The third-order valence-corrected chi connectivity index (χ3v) is 7.78. The molecule has 0 spiro atoms. The molecular weight excluding hydrogens is 363 g/mol. The van der Waals surface area contributed by atoms with Crippen molar-refractivity contribution in [3.05, 3.63) is 0 Å². The zero-order valence-corrected chi connectivity index (χ0v) is 14.6. The predicted octanol–water partition coefficient (Wildman–Crippen LogP) is 4.81. The average molecular weight is 390 g/mol. The summed E-state index contributed by atoms with van der Waals surface area (Å²) < 4.78 is 10.7. The Kier molecular flexibility index (Phi) is 4.06. The summed E-state index contributed by atoms with van der Waals surface area (Å²) in [5.41, 5.74) is 0. The van der Waals surface area contributed by atoms with E-state index in [2.05, 4.69) is 0 Å². The zero-order valence-electron chi connectivity index (χ0n) is 12.5. The molecule has 8 unspecified atom stereocenters. The fourth-order valence-corrected chi connectivity index (χ4v) is 6.80. The van der Waals surface area contributed by atoms with Crippen molar-refractivity contribution < 1.29 is 7.80 Å². The maximum atomic E-state index is 5.64. The summed E-state index contributed by atoms with van der Waals surface area (Å²) in [5.74, 6) is 7.83. The van der Waals surface area contributed by atoms with Gasteiger partial charge in [-0.25, -0.2) is 0 Å². The quantitative estimate of drug-likeness (QED) is 0.280. The summed E-state index contributed by atoms with van der Waals surface area (Å²) in [6.07, 6.45) is 10.4. The van der Waals surface area contributed by atoms with Gasteiger partial charge < -0.3 is 4.74 Å². The summed E-state index contributed by atoms with van der Waals surface area (Å²) >= 11 is 1.92. The van der Waals surface area contributed by atoms with Gasteiger partial charge in [-0.2, -0.15) is 0 Å². The molecular formula is C17H27IO2. The monoisotopic (exact) mass is 390 g/mol. The molecule has 0 N–H and O–H groups in total. The molecule has 20 heavy (non-hydrogen) atoms. The Morgan fingerprint density at radius 1 is 1.05 bits per heavy atom. The van der Waals surface area contributed by atoms with Crippen molar-refractivity contribution in [2.75, 3.05) is 6.61 Å². The number of halogens is 1. The third kappa shape index (κ3) is 2.26. The maximum absolute atomic E-state index is 5.64. The number of rotatable bonds is 6. The molecule has 4 fully saturated rings. The van der Waals surface area contributed by atoms with Crippen molar-refractivity contribution in [1.29, 1.82) is 0 Å². The molecule has 2 nitrogen and oxygen atoms in total. The van der Waals surface area contributed by atoms with Crippen LogP contribution >= 0.6 is 23.0 Å². The minimum absolute atomic E-state index is 0.0504. The lowest BCUT2D eigenvalue weighted by Crippen LogP contribution is -2.32. The van der Waals surface area contributed by atoms with Crippen LogP contribution in [0.15, 0.2) is 0 Å². The molecule has 114 valence electrons. The normalized spacial score (nSPS) is 49.8. The smallest absolute Gasteiger partial charge is 0.166 e. The SMILES string of the molecule is CC(OI)OCCCC1CC2CC1C1C3CCC(C3)C21. The van der Waals surface area contributed by atoms with E-state index in [0.29, 0.717) is 0 Å². The number of fused-ring (bicyclic) bond motifs is 9. The van der Waals surface area contributed by atoms with E-state index in [1.807, 2.05) is 29.9 Å². The Morgan fingerprint density at radius 3 is 2.65 bits per heavy atom. The van der Waals surface area contributed by atoms with Gasteiger partial charge in [-0.05, 0) is 93.3 Å². The second kappa shape index (κ2) is 5.69. The van der Waals surface area contributed by atoms with Crippen molar-refractivity contribution in [3.63, 3.8) is 0 Å². The molecule has 0 saturated heterocycles. The van der Waals surface area contributed by atoms with Crippen molar-refractivity contribution >= 4 is 23.0 Å². The zero-order chi connectivity index (χ0) is 13.7. The van der Waals surface area contributed by atoms with Crippen molar-refractivity contribution in [3.8, 4) is 0 Å². The Labute approximate surface area is 137 Å². The van der Waals surface area contributed by atoms with Crippen LogP contribution in [0.5, 0.6) is 0 Å². The molecule has 0 radical (unpaired) electrons. The standard InChI is InChI=1S/C17H27IO2/c1-10(20-18)19-6-2-3-11-7-14-9-15(11)17-13-5-4-12(8-13)16(14)17/h10-17H,2-9H2,1H3. The summed E-state index contributed by atoms with van der Waals surface area (Å²) in [5, 5.41) is 0. The number of hydrogen-bond donors (Lipinski definition) is 0. The first-order chi connectivity index (χ1) is 9.78. The molecule has 4 saturated carbocycles. The van der Waals surface area contributed by atoms with Crippen LogP contribution < -0.4 is 0 Å². The van der Waals surface area contributed by atoms with E-state index in [1.54, 1.807) is 32.1 Å². The van der Waals surface area contributed by atoms with Crippen molar-refractivity contribution in [2.24, 2.45) is 41.4 Å². The molecule has 4 aliphatic rings. The summed E-state index contributed by atoms with van der Waals surface area (Å²) in [4.78, 5) is 0. The van der Waals surface area contributed by atoms with E-state index in [4.69, 9.17) is 7.80 Å². The lowest BCUT2D eigenvalue weighted by atomic mass is 9.67. The van der Waals surface area contributed by atoms with Crippen LogP contribution in [0.1, 0.15) is 51.9 Å². The number of hydrogen-bond acceptors (Lipinski definition) is 2. The van der Waals surface area contributed by atoms with E-state index in [0.717, 1.165) is 42.1 Å². The van der Waals surface area contributed by atoms with Crippen LogP contribution in [0, 0.1) is 41.4 Å². The van der Waals surface area contributed by atoms with Gasteiger partial charge in [-0.3, -0.25) is 3.07 Å². The minimum atomic E-state index is -0.0504. The Balaban J connectivity index is 1.28. The van der Waals surface area contributed by atoms with Crippen molar-refractivity contribution in [2.45, 2.75) is 58.2 Å². The van der Waals surface area contributed by atoms with Gasteiger partial charge in [0.2, 0.25) is 0 Å². The fourth-order valence-electron chi connectivity index (χ4n) is 6.65. The fraction of sp³-hybridized carbons (Fsp3) is 1.00. The van der Waals surface area contributed by atoms with Gasteiger partial charge in [-0.15, -0.1) is 0 Å². The van der Waals surface area contributed by atoms with Crippen LogP contribution in [0.25, 0.3) is 0 Å². The second-order valence-corrected chi connectivity index (χ2v) is 8.32. The first-order valence-electron chi connectivity index (χ1n) is 8.67. The second-order valence-electron chi connectivity index (χ2n) is 7.81. The third-order valence-electron chi connectivity index (χ3n) is 7.07. The molecule has 0 heterocycles. The first-order valence-corrected chi connectivity index (χ1v) is 9.55. The van der Waals surface area contributed by atoms with Crippen LogP contribution in [0.3, 0.4) is 0 Å². The van der Waals surface area contributed by atoms with E-state index >= 15 is 0 Å². The van der Waals surface area contributed by atoms with E-state index < -0.39 is 0 Å². The van der Waals surface area contributed by atoms with Gasteiger partial charge in [0.05, 0.1) is 0 Å². The summed E-state index contributed by atoms with van der Waals surface area (Å²) in [6.45, 7) is 2.85. The first kappa shape index (κ1) is 14.3. The van der Waals surface area contributed by atoms with Gasteiger partial charge in [0.15, 0.2) is 6.29 Å². The summed E-state index contributed by atoms with van der Waals surface area (Å²) in [6, 6.07) is 0. The van der Waals surface area contributed by atoms with Crippen LogP contribution in [-0.4, -0.2) is 12.9 Å². The van der Waals surface area contributed by atoms with Gasteiger partial charge in [0.25, 0.3) is 0 Å². The molecule has 0 aromatic heterocycles. The molecule has 0 aromatic carbocycles. The van der Waals surface area contributed by atoms with Crippen LogP contribution in [-0.2, 0) is 7.80 Å². The highest BCUT2D eigenvalue weighted by molar-refractivity contribution is 14.1. The van der Waals surface area contributed by atoms with E-state index in [9.17, 15) is 0 Å². The largest absolute Gasteiger partial charge is 0.352 e. The van der Waals surface area contributed by atoms with Crippen LogP contribution in [0.2, 0.25) is 0 Å². The van der Waals surface area contributed by atoms with E-state index in [1.165, 1.54) is 18.8 Å². The van der Waals surface area contributed by atoms with Gasteiger partial charge in [-0.1, -0.05) is 0 Å². The molecule has 4 aliphatic carbocycles. The highest BCUT2D eigenvalue weighted by atomic mass is 127. The van der Waals surface area contributed by atoms with Gasteiger partial charge in [0.1, 0.15) is 23.0 Å². The van der Waals surface area contributed by atoms with Crippen LogP contribution in [0.4, 0.5) is 0 Å². The number of ether oxygens (including phenoxy) is 1. The molecule has 0 aromatic rings. The highest BCUT2D eigenvalue weighted by Gasteiger charge is 2.61. The Hall–Kier alpha value is 0.650. The molecule has 0 aliphatic heterocycles. The Morgan fingerprint density at radius 2 is 1.85 bits per heavy atom. The van der Waals surface area contributed by atoms with Crippen molar-refractivity contribution in [1.82, 2.24) is 0 Å². The predicted molar refractivity (Wildman–Crippen MR) is 87.3 cm³/mol. The molecule has 4 rings (SSSR count). The average Bonchev–Trinajstić information content (AvgIpc) is 3.19. The molecule has 0 amide bonds. The maximum Gasteiger partial charge on any atom is 0.166 e. The van der Waals surface area contributed by atoms with Gasteiger partial charge in [0, 0.05) is 6.61 Å². The highest BCUT2D eigenvalue weighted by Crippen LogP contribution is 2.69. The lowest BCUT2D eigenvalue weighted by Gasteiger charge is -2.38. The summed E-state index contributed by atoms with van der Waals surface area (Å²) in [7, 11) is 0. The molecule has 8 atom stereocenters. The van der Waals surface area contributed by atoms with E-state index in [-0.39, 0.29) is 6.29 Å². The molecule has 4 bridgehead atoms. The van der Waals surface area contributed by atoms with Gasteiger partial charge >= 0.3 is 0 Å². The Bertz CT molecular complexity index is 361.